The lowest BCUT2D eigenvalue weighted by Gasteiger charge is -2.31. The van der Waals surface area contributed by atoms with E-state index < -0.39 is 0 Å². The molecule has 0 saturated carbocycles. The number of nitrogens with one attached hydrogen (secondary N) is 2. The fraction of sp³-hybridized carbons (Fsp3) is 0.444. The number of aromatic amines is 1. The minimum Gasteiger partial charge on any atom is -0.495 e. The summed E-state index contributed by atoms with van der Waals surface area (Å²) < 4.78 is 5.25. The summed E-state index contributed by atoms with van der Waals surface area (Å²) >= 11 is 5.99. The van der Waals surface area contributed by atoms with Crippen LogP contribution in [0.4, 0.5) is 5.69 Å². The highest BCUT2D eigenvalue weighted by Gasteiger charge is 2.21. The number of piperidine rings is 1. The van der Waals surface area contributed by atoms with E-state index in [-0.39, 0.29) is 5.91 Å². The molecule has 6 nitrogen and oxygen atoms in total. The van der Waals surface area contributed by atoms with Crippen LogP contribution in [0.3, 0.4) is 0 Å². The Bertz CT molecular complexity index is 697. The fourth-order valence-electron chi connectivity index (χ4n) is 3.21. The van der Waals surface area contributed by atoms with E-state index in [0.717, 1.165) is 32.5 Å². The molecule has 2 aromatic rings. The van der Waals surface area contributed by atoms with E-state index in [1.807, 2.05) is 6.07 Å². The molecule has 1 fully saturated rings. The maximum absolute atomic E-state index is 12.2. The molecule has 0 spiro atoms. The number of carbonyl (C=O) groups is 1. The molecule has 1 aliphatic rings. The Balaban J connectivity index is 1.45. The van der Waals surface area contributed by atoms with Crippen molar-refractivity contribution >= 4 is 23.2 Å². The Hall–Kier alpha value is -2.05. The van der Waals surface area contributed by atoms with Crippen molar-refractivity contribution in [2.75, 3.05) is 32.1 Å². The van der Waals surface area contributed by atoms with Crippen molar-refractivity contribution in [3.63, 3.8) is 0 Å². The minimum atomic E-state index is -0.0312. The maximum Gasteiger partial charge on any atom is 0.225 e. The Labute approximate surface area is 152 Å². The SMILES string of the molecule is COc1ccc(Cl)cc1NC(=O)CCN1CCC(c2ccn[nH]2)CC1. The number of ether oxygens (including phenoxy) is 1. The molecule has 1 aromatic heterocycles. The molecule has 3 rings (SSSR count). The molecule has 0 atom stereocenters. The van der Waals surface area contributed by atoms with Gasteiger partial charge in [0.1, 0.15) is 5.75 Å². The predicted molar refractivity (Wildman–Crippen MR) is 98.3 cm³/mol. The molecular weight excluding hydrogens is 340 g/mol. The Kier molecular flexibility index (Phi) is 5.94. The lowest BCUT2D eigenvalue weighted by atomic mass is 9.93. The van der Waals surface area contributed by atoms with Gasteiger partial charge >= 0.3 is 0 Å². The molecule has 7 heteroatoms. The van der Waals surface area contributed by atoms with E-state index in [2.05, 4.69) is 20.4 Å². The van der Waals surface area contributed by atoms with E-state index in [4.69, 9.17) is 16.3 Å². The Morgan fingerprint density at radius 3 is 2.88 bits per heavy atom. The molecule has 0 unspecified atom stereocenters. The summed E-state index contributed by atoms with van der Waals surface area (Å²) in [6.07, 6.45) is 4.43. The summed E-state index contributed by atoms with van der Waals surface area (Å²) in [6.45, 7) is 2.75. The molecule has 1 saturated heterocycles. The highest BCUT2D eigenvalue weighted by molar-refractivity contribution is 6.31. The van der Waals surface area contributed by atoms with Gasteiger partial charge in [-0.15, -0.1) is 0 Å². The molecule has 0 bridgehead atoms. The monoisotopic (exact) mass is 362 g/mol. The first kappa shape index (κ1) is 17.8. The van der Waals surface area contributed by atoms with E-state index in [1.165, 1.54) is 5.69 Å². The summed E-state index contributed by atoms with van der Waals surface area (Å²) in [5.41, 5.74) is 1.82. The first-order chi connectivity index (χ1) is 12.2. The number of amides is 1. The summed E-state index contributed by atoms with van der Waals surface area (Å²) in [5.74, 6) is 1.12. The zero-order chi connectivity index (χ0) is 17.6. The zero-order valence-electron chi connectivity index (χ0n) is 14.3. The molecule has 2 heterocycles. The topological polar surface area (TPSA) is 70.2 Å². The standard InChI is InChI=1S/C18H23ClN4O2/c1-25-17-3-2-14(19)12-16(17)21-18(24)7-11-23-9-5-13(6-10-23)15-4-8-20-22-15/h2-4,8,12-13H,5-7,9-11H2,1H3,(H,20,22)(H,21,24). The zero-order valence-corrected chi connectivity index (χ0v) is 15.1. The van der Waals surface area contributed by atoms with Crippen LogP contribution in [0, 0.1) is 0 Å². The molecule has 0 radical (unpaired) electrons. The number of anilines is 1. The molecule has 2 N–H and O–H groups in total. The van der Waals surface area contributed by atoms with Crippen LogP contribution >= 0.6 is 11.6 Å². The molecule has 25 heavy (non-hydrogen) atoms. The van der Waals surface area contributed by atoms with Gasteiger partial charge in [-0.2, -0.15) is 5.10 Å². The highest BCUT2D eigenvalue weighted by Crippen LogP contribution is 2.28. The van der Waals surface area contributed by atoms with Crippen LogP contribution in [0.1, 0.15) is 30.9 Å². The van der Waals surface area contributed by atoms with E-state index in [1.54, 1.807) is 31.5 Å². The number of likely N-dealkylation sites (tertiary alicyclic amines) is 1. The van der Waals surface area contributed by atoms with Crippen LogP contribution in [-0.2, 0) is 4.79 Å². The van der Waals surface area contributed by atoms with Crippen LogP contribution in [0.15, 0.2) is 30.5 Å². The van der Waals surface area contributed by atoms with Crippen molar-refractivity contribution < 1.29 is 9.53 Å². The van der Waals surface area contributed by atoms with Crippen LogP contribution in [0.5, 0.6) is 5.75 Å². The average molecular weight is 363 g/mol. The number of benzene rings is 1. The van der Waals surface area contributed by atoms with Gasteiger partial charge in [-0.25, -0.2) is 0 Å². The number of aromatic nitrogens is 2. The van der Waals surface area contributed by atoms with Crippen LogP contribution in [-0.4, -0.2) is 47.7 Å². The third kappa shape index (κ3) is 4.74. The molecule has 1 aromatic carbocycles. The maximum atomic E-state index is 12.2. The van der Waals surface area contributed by atoms with Gasteiger partial charge in [-0.1, -0.05) is 11.6 Å². The number of rotatable bonds is 6. The predicted octanol–water partition coefficient (Wildman–Crippen LogP) is 3.28. The third-order valence-corrected chi connectivity index (χ3v) is 4.88. The van der Waals surface area contributed by atoms with Crippen molar-refractivity contribution in [2.45, 2.75) is 25.2 Å². The van der Waals surface area contributed by atoms with Crippen LogP contribution < -0.4 is 10.1 Å². The summed E-state index contributed by atoms with van der Waals surface area (Å²) in [6, 6.07) is 7.23. The number of H-pyrrole nitrogens is 1. The number of halogens is 1. The second-order valence-electron chi connectivity index (χ2n) is 6.27. The summed E-state index contributed by atoms with van der Waals surface area (Å²) in [5, 5.41) is 10.5. The average Bonchev–Trinajstić information content (AvgIpc) is 3.15. The molecule has 134 valence electrons. The normalized spacial score (nSPS) is 15.9. The van der Waals surface area contributed by atoms with Crippen LogP contribution in [0.25, 0.3) is 0 Å². The number of methoxy groups -OCH3 is 1. The van der Waals surface area contributed by atoms with Crippen molar-refractivity contribution in [3.05, 3.63) is 41.2 Å². The summed E-state index contributed by atoms with van der Waals surface area (Å²) in [4.78, 5) is 14.6. The lowest BCUT2D eigenvalue weighted by Crippen LogP contribution is -2.35. The molecule has 0 aliphatic carbocycles. The van der Waals surface area contributed by atoms with E-state index in [0.29, 0.717) is 28.8 Å². The summed E-state index contributed by atoms with van der Waals surface area (Å²) in [7, 11) is 1.57. The molecule has 1 amide bonds. The van der Waals surface area contributed by atoms with Gasteiger partial charge in [0.2, 0.25) is 5.91 Å². The van der Waals surface area contributed by atoms with Crippen molar-refractivity contribution in [1.82, 2.24) is 15.1 Å². The number of carbonyl (C=O) groups excluding carboxylic acids is 1. The van der Waals surface area contributed by atoms with Gasteiger partial charge in [0, 0.05) is 35.8 Å². The van der Waals surface area contributed by atoms with Crippen molar-refractivity contribution in [1.29, 1.82) is 0 Å². The number of nitrogens with zero attached hydrogens (tertiary/aromatic N) is 2. The first-order valence-corrected chi connectivity index (χ1v) is 8.88. The first-order valence-electron chi connectivity index (χ1n) is 8.50. The quantitative estimate of drug-likeness (QED) is 0.827. The van der Waals surface area contributed by atoms with E-state index in [9.17, 15) is 4.79 Å². The van der Waals surface area contributed by atoms with Gasteiger partial charge in [0.05, 0.1) is 12.8 Å². The highest BCUT2D eigenvalue weighted by atomic mass is 35.5. The smallest absolute Gasteiger partial charge is 0.225 e. The molecular formula is C18H23ClN4O2. The number of hydrogen-bond donors (Lipinski definition) is 2. The lowest BCUT2D eigenvalue weighted by molar-refractivity contribution is -0.116. The van der Waals surface area contributed by atoms with Gasteiger partial charge in [-0.05, 0) is 50.2 Å². The van der Waals surface area contributed by atoms with Crippen molar-refractivity contribution in [3.8, 4) is 5.75 Å². The van der Waals surface area contributed by atoms with E-state index >= 15 is 0 Å². The Morgan fingerprint density at radius 1 is 1.40 bits per heavy atom. The fourth-order valence-corrected chi connectivity index (χ4v) is 3.38. The number of hydrogen-bond acceptors (Lipinski definition) is 4. The molecule has 1 aliphatic heterocycles. The third-order valence-electron chi connectivity index (χ3n) is 4.64. The minimum absolute atomic E-state index is 0.0312. The van der Waals surface area contributed by atoms with Crippen LogP contribution in [0.2, 0.25) is 5.02 Å². The second-order valence-corrected chi connectivity index (χ2v) is 6.71. The second kappa shape index (κ2) is 8.36. The van der Waals surface area contributed by atoms with Gasteiger partial charge in [0.15, 0.2) is 0 Å². The van der Waals surface area contributed by atoms with Gasteiger partial charge < -0.3 is 15.0 Å². The van der Waals surface area contributed by atoms with Gasteiger partial charge in [-0.3, -0.25) is 9.89 Å². The largest absolute Gasteiger partial charge is 0.495 e. The van der Waals surface area contributed by atoms with Crippen molar-refractivity contribution in [2.24, 2.45) is 0 Å². The Morgan fingerprint density at radius 2 is 2.20 bits per heavy atom. The van der Waals surface area contributed by atoms with Gasteiger partial charge in [0.25, 0.3) is 0 Å².